The summed E-state index contributed by atoms with van der Waals surface area (Å²) in [5.41, 5.74) is 1.51. The van der Waals surface area contributed by atoms with Crippen LogP contribution in [0.15, 0.2) is 48.8 Å². The molecule has 0 saturated carbocycles. The van der Waals surface area contributed by atoms with Crippen molar-refractivity contribution in [2.45, 2.75) is 20.3 Å². The maximum Gasteiger partial charge on any atom is 0.257 e. The summed E-state index contributed by atoms with van der Waals surface area (Å²) in [5, 5.41) is 2.80. The predicted molar refractivity (Wildman–Crippen MR) is 111 cm³/mol. The predicted octanol–water partition coefficient (Wildman–Crippen LogP) is 2.66. The average molecular weight is 394 g/mol. The summed E-state index contributed by atoms with van der Waals surface area (Å²) >= 11 is 0. The number of carbonyl (C=O) groups excluding carboxylic acids is 3. The number of pyridine rings is 1. The van der Waals surface area contributed by atoms with Gasteiger partial charge in [-0.2, -0.15) is 0 Å². The second kappa shape index (κ2) is 9.32. The Morgan fingerprint density at radius 2 is 1.69 bits per heavy atom. The van der Waals surface area contributed by atoms with E-state index in [9.17, 15) is 14.4 Å². The fraction of sp³-hybridized carbons (Fsp3) is 0.364. The van der Waals surface area contributed by atoms with E-state index in [-0.39, 0.29) is 23.6 Å². The van der Waals surface area contributed by atoms with Gasteiger partial charge >= 0.3 is 0 Å². The average Bonchev–Trinajstić information content (AvgIpc) is 2.99. The van der Waals surface area contributed by atoms with Crippen LogP contribution in [0, 0.1) is 5.92 Å². The van der Waals surface area contributed by atoms with Crippen molar-refractivity contribution in [2.75, 3.05) is 31.5 Å². The Bertz CT molecular complexity index is 883. The molecule has 7 nitrogen and oxygen atoms in total. The Morgan fingerprint density at radius 1 is 0.966 bits per heavy atom. The van der Waals surface area contributed by atoms with Crippen LogP contribution in [0.1, 0.15) is 41.0 Å². The van der Waals surface area contributed by atoms with Crippen molar-refractivity contribution in [2.24, 2.45) is 5.92 Å². The van der Waals surface area contributed by atoms with Crippen LogP contribution >= 0.6 is 0 Å². The summed E-state index contributed by atoms with van der Waals surface area (Å²) in [6.07, 6.45) is 3.85. The number of carbonyl (C=O) groups is 3. The summed E-state index contributed by atoms with van der Waals surface area (Å²) in [5.74, 6) is -0.293. The number of aromatic nitrogens is 1. The zero-order valence-electron chi connectivity index (χ0n) is 16.8. The molecule has 0 atom stereocenters. The Kier molecular flexibility index (Phi) is 6.59. The summed E-state index contributed by atoms with van der Waals surface area (Å²) in [6.45, 7) is 6.10. The molecular formula is C22H26N4O3. The maximum atomic E-state index is 13.0. The molecule has 0 bridgehead atoms. The van der Waals surface area contributed by atoms with Crippen molar-refractivity contribution in [1.29, 1.82) is 0 Å². The van der Waals surface area contributed by atoms with Crippen molar-refractivity contribution >= 4 is 23.4 Å². The highest BCUT2D eigenvalue weighted by atomic mass is 16.2. The molecule has 0 aliphatic carbocycles. The van der Waals surface area contributed by atoms with Gasteiger partial charge in [-0.25, -0.2) is 0 Å². The molecule has 2 heterocycles. The molecule has 1 aliphatic heterocycles. The third-order valence-corrected chi connectivity index (χ3v) is 4.88. The van der Waals surface area contributed by atoms with Gasteiger partial charge in [-0.3, -0.25) is 19.4 Å². The fourth-order valence-electron chi connectivity index (χ4n) is 3.32. The van der Waals surface area contributed by atoms with E-state index in [1.54, 1.807) is 47.5 Å². The third kappa shape index (κ3) is 5.19. The van der Waals surface area contributed by atoms with Crippen molar-refractivity contribution in [1.82, 2.24) is 14.8 Å². The first-order chi connectivity index (χ1) is 14.0. The molecule has 1 aliphatic rings. The quantitative estimate of drug-likeness (QED) is 0.864. The molecule has 3 rings (SSSR count). The van der Waals surface area contributed by atoms with Crippen LogP contribution in [0.5, 0.6) is 0 Å². The van der Waals surface area contributed by atoms with Gasteiger partial charge in [0.05, 0.1) is 5.56 Å². The van der Waals surface area contributed by atoms with Crippen molar-refractivity contribution in [3.05, 3.63) is 59.9 Å². The van der Waals surface area contributed by atoms with E-state index in [1.807, 2.05) is 18.7 Å². The van der Waals surface area contributed by atoms with Crippen molar-refractivity contribution in [3.8, 4) is 0 Å². The fourth-order valence-corrected chi connectivity index (χ4v) is 3.32. The molecule has 1 fully saturated rings. The molecule has 0 unspecified atom stereocenters. The molecule has 1 aromatic carbocycles. The van der Waals surface area contributed by atoms with Crippen LogP contribution in [-0.2, 0) is 4.79 Å². The number of amides is 3. The maximum absolute atomic E-state index is 13.0. The van der Waals surface area contributed by atoms with E-state index in [1.165, 1.54) is 6.20 Å². The van der Waals surface area contributed by atoms with Gasteiger partial charge in [0.25, 0.3) is 11.8 Å². The zero-order valence-corrected chi connectivity index (χ0v) is 16.8. The first-order valence-corrected chi connectivity index (χ1v) is 9.85. The minimum absolute atomic E-state index is 0.0441. The highest BCUT2D eigenvalue weighted by molar-refractivity contribution is 6.05. The molecule has 7 heteroatoms. The molecule has 0 radical (unpaired) electrons. The molecule has 3 amide bonds. The topological polar surface area (TPSA) is 82.6 Å². The van der Waals surface area contributed by atoms with Crippen LogP contribution < -0.4 is 5.32 Å². The Labute approximate surface area is 170 Å². The SMILES string of the molecule is CC(C)C(=O)N1CCCN(C(=O)c2cccc(NC(=O)c3cccnc3)c2)CC1. The summed E-state index contributed by atoms with van der Waals surface area (Å²) in [4.78, 5) is 45.1. The van der Waals surface area contributed by atoms with Gasteiger partial charge in [0.2, 0.25) is 5.91 Å². The summed E-state index contributed by atoms with van der Waals surface area (Å²) < 4.78 is 0. The normalized spacial score (nSPS) is 14.4. The largest absolute Gasteiger partial charge is 0.341 e. The number of hydrogen-bond donors (Lipinski definition) is 1. The number of nitrogens with zero attached hydrogens (tertiary/aromatic N) is 3. The lowest BCUT2D eigenvalue weighted by atomic mass is 10.1. The molecular weight excluding hydrogens is 368 g/mol. The van der Waals surface area contributed by atoms with E-state index < -0.39 is 0 Å². The number of anilines is 1. The first-order valence-electron chi connectivity index (χ1n) is 9.85. The van der Waals surface area contributed by atoms with Crippen LogP contribution in [-0.4, -0.2) is 58.7 Å². The third-order valence-electron chi connectivity index (χ3n) is 4.88. The van der Waals surface area contributed by atoms with Crippen LogP contribution in [0.4, 0.5) is 5.69 Å². The second-order valence-electron chi connectivity index (χ2n) is 7.40. The van der Waals surface area contributed by atoms with Gasteiger partial charge in [0, 0.05) is 55.7 Å². The highest BCUT2D eigenvalue weighted by Gasteiger charge is 2.24. The highest BCUT2D eigenvalue weighted by Crippen LogP contribution is 2.16. The molecule has 1 saturated heterocycles. The minimum atomic E-state index is -0.277. The lowest BCUT2D eigenvalue weighted by Gasteiger charge is -2.23. The Balaban J connectivity index is 1.66. The standard InChI is InChI=1S/C22H26N4O3/c1-16(2)21(28)25-10-5-11-26(13-12-25)22(29)17-6-3-8-19(14-17)24-20(27)18-7-4-9-23-15-18/h3-4,6-9,14-16H,5,10-13H2,1-2H3,(H,24,27). The Hall–Kier alpha value is -3.22. The lowest BCUT2D eigenvalue weighted by Crippen LogP contribution is -2.39. The van der Waals surface area contributed by atoms with E-state index in [2.05, 4.69) is 10.3 Å². The second-order valence-corrected chi connectivity index (χ2v) is 7.40. The van der Waals surface area contributed by atoms with Gasteiger partial charge in [0.1, 0.15) is 0 Å². The molecule has 1 N–H and O–H groups in total. The monoisotopic (exact) mass is 394 g/mol. The number of rotatable bonds is 4. The number of benzene rings is 1. The zero-order chi connectivity index (χ0) is 20.8. The molecule has 29 heavy (non-hydrogen) atoms. The van der Waals surface area contributed by atoms with Crippen molar-refractivity contribution in [3.63, 3.8) is 0 Å². The summed E-state index contributed by atoms with van der Waals surface area (Å²) in [7, 11) is 0. The Morgan fingerprint density at radius 3 is 2.41 bits per heavy atom. The van der Waals surface area contributed by atoms with Crippen LogP contribution in [0.3, 0.4) is 0 Å². The van der Waals surface area contributed by atoms with E-state index in [0.29, 0.717) is 43.0 Å². The number of hydrogen-bond acceptors (Lipinski definition) is 4. The molecule has 0 spiro atoms. The van der Waals surface area contributed by atoms with Crippen molar-refractivity contribution < 1.29 is 14.4 Å². The van der Waals surface area contributed by atoms with E-state index >= 15 is 0 Å². The van der Waals surface area contributed by atoms with Gasteiger partial charge < -0.3 is 15.1 Å². The van der Waals surface area contributed by atoms with Gasteiger partial charge in [0.15, 0.2) is 0 Å². The van der Waals surface area contributed by atoms with E-state index in [4.69, 9.17) is 0 Å². The lowest BCUT2D eigenvalue weighted by molar-refractivity contribution is -0.134. The van der Waals surface area contributed by atoms with Gasteiger partial charge in [-0.1, -0.05) is 19.9 Å². The molecule has 1 aromatic heterocycles. The molecule has 152 valence electrons. The number of nitrogens with one attached hydrogen (secondary N) is 1. The molecule has 2 aromatic rings. The minimum Gasteiger partial charge on any atom is -0.341 e. The summed E-state index contributed by atoms with van der Waals surface area (Å²) in [6, 6.07) is 10.3. The smallest absolute Gasteiger partial charge is 0.257 e. The van der Waals surface area contributed by atoms with E-state index in [0.717, 1.165) is 6.42 Å². The van der Waals surface area contributed by atoms with Gasteiger partial charge in [-0.15, -0.1) is 0 Å². The van der Waals surface area contributed by atoms with Crippen LogP contribution in [0.2, 0.25) is 0 Å². The first kappa shape index (κ1) is 20.5. The van der Waals surface area contributed by atoms with Crippen LogP contribution in [0.25, 0.3) is 0 Å². The van der Waals surface area contributed by atoms with Gasteiger partial charge in [-0.05, 0) is 36.8 Å².